The number of benzene rings is 1. The Labute approximate surface area is 84.0 Å². The number of hydrogen-bond donors (Lipinski definition) is 3. The van der Waals surface area contributed by atoms with E-state index in [1.54, 1.807) is 0 Å². The summed E-state index contributed by atoms with van der Waals surface area (Å²) in [6.45, 7) is 2.68. The van der Waals surface area contributed by atoms with Crippen LogP contribution in [0.4, 0.5) is 0 Å². The fourth-order valence-electron chi connectivity index (χ4n) is 1.10. The molecule has 0 unspecified atom stereocenters. The number of hydrogen-bond acceptors (Lipinski definition) is 2. The molecule has 5 N–H and O–H groups in total. The van der Waals surface area contributed by atoms with Gasteiger partial charge in [0.2, 0.25) is 5.96 Å². The zero-order chi connectivity index (χ0) is 10.4. The highest BCUT2D eigenvalue weighted by Gasteiger charge is 1.92. The molecule has 0 fully saturated rings. The van der Waals surface area contributed by atoms with Crippen LogP contribution in [0.25, 0.3) is 0 Å². The third-order valence-corrected chi connectivity index (χ3v) is 2.01. The van der Waals surface area contributed by atoms with E-state index in [4.69, 9.17) is 11.6 Å². The van der Waals surface area contributed by atoms with Crippen LogP contribution < -0.4 is 17.0 Å². The quantitative estimate of drug-likeness (QED) is 0.283. The van der Waals surface area contributed by atoms with Gasteiger partial charge in [0.25, 0.3) is 0 Å². The molecule has 0 aliphatic heterocycles. The van der Waals surface area contributed by atoms with Gasteiger partial charge in [-0.3, -0.25) is 5.43 Å². The van der Waals surface area contributed by atoms with Crippen LogP contribution in [-0.2, 0) is 13.0 Å². The van der Waals surface area contributed by atoms with Crippen LogP contribution in [0.15, 0.2) is 29.3 Å². The molecule has 14 heavy (non-hydrogen) atoms. The average Bonchev–Trinajstić information content (AvgIpc) is 2.26. The first-order valence-electron chi connectivity index (χ1n) is 4.60. The number of aryl methyl sites for hydroxylation is 1. The van der Waals surface area contributed by atoms with E-state index in [0.29, 0.717) is 6.54 Å². The Hall–Kier alpha value is -1.55. The van der Waals surface area contributed by atoms with Crippen LogP contribution in [-0.4, -0.2) is 5.96 Å². The van der Waals surface area contributed by atoms with Gasteiger partial charge in [-0.25, -0.2) is 10.8 Å². The molecule has 1 aromatic rings. The number of nitrogens with one attached hydrogen (secondary N) is 1. The molecule has 0 aliphatic rings. The SMILES string of the molecule is CCc1ccc(CN=C(N)NN)cc1. The monoisotopic (exact) mass is 192 g/mol. The van der Waals surface area contributed by atoms with Crippen molar-refractivity contribution in [3.05, 3.63) is 35.4 Å². The number of nitrogens with two attached hydrogens (primary N) is 2. The van der Waals surface area contributed by atoms with E-state index in [2.05, 4.69) is 29.5 Å². The maximum Gasteiger partial charge on any atom is 0.203 e. The first-order chi connectivity index (χ1) is 6.76. The maximum absolute atomic E-state index is 5.39. The van der Waals surface area contributed by atoms with Gasteiger partial charge in [-0.15, -0.1) is 0 Å². The Bertz CT molecular complexity index is 302. The molecule has 0 aliphatic carbocycles. The van der Waals surface area contributed by atoms with Crippen LogP contribution in [0, 0.1) is 0 Å². The third-order valence-electron chi connectivity index (χ3n) is 2.01. The number of guanidine groups is 1. The zero-order valence-electron chi connectivity index (χ0n) is 8.33. The molecule has 0 saturated carbocycles. The van der Waals surface area contributed by atoms with Crippen LogP contribution in [0.3, 0.4) is 0 Å². The number of aliphatic imine (C=N–C) groups is 1. The van der Waals surface area contributed by atoms with Crippen LogP contribution in [0.5, 0.6) is 0 Å². The van der Waals surface area contributed by atoms with Crippen molar-refractivity contribution < 1.29 is 0 Å². The predicted molar refractivity (Wildman–Crippen MR) is 58.5 cm³/mol. The fraction of sp³-hybridized carbons (Fsp3) is 0.300. The number of nitrogens with zero attached hydrogens (tertiary/aromatic N) is 1. The Morgan fingerprint density at radius 1 is 1.29 bits per heavy atom. The highest BCUT2D eigenvalue weighted by molar-refractivity contribution is 5.77. The van der Waals surface area contributed by atoms with Crippen molar-refractivity contribution in [2.75, 3.05) is 0 Å². The summed E-state index contributed by atoms with van der Waals surface area (Å²) in [5.41, 5.74) is 10.1. The fourth-order valence-corrected chi connectivity index (χ4v) is 1.10. The summed E-state index contributed by atoms with van der Waals surface area (Å²) in [5, 5.41) is 0. The van der Waals surface area contributed by atoms with Crippen LogP contribution >= 0.6 is 0 Å². The van der Waals surface area contributed by atoms with Gasteiger partial charge >= 0.3 is 0 Å². The smallest absolute Gasteiger partial charge is 0.203 e. The molecule has 0 heterocycles. The first-order valence-corrected chi connectivity index (χ1v) is 4.60. The minimum Gasteiger partial charge on any atom is -0.369 e. The number of rotatable bonds is 3. The Morgan fingerprint density at radius 3 is 2.36 bits per heavy atom. The second-order valence-electron chi connectivity index (χ2n) is 3.02. The maximum atomic E-state index is 5.39. The third kappa shape index (κ3) is 3.06. The molecule has 4 heteroatoms. The lowest BCUT2D eigenvalue weighted by Crippen LogP contribution is -2.37. The van der Waals surface area contributed by atoms with Gasteiger partial charge < -0.3 is 5.73 Å². The van der Waals surface area contributed by atoms with Crippen molar-refractivity contribution in [3.8, 4) is 0 Å². The van der Waals surface area contributed by atoms with Gasteiger partial charge in [-0.2, -0.15) is 0 Å². The van der Waals surface area contributed by atoms with Crippen LogP contribution in [0.1, 0.15) is 18.1 Å². The first kappa shape index (κ1) is 10.5. The van der Waals surface area contributed by atoms with Gasteiger partial charge in [-0.1, -0.05) is 31.2 Å². The standard InChI is InChI=1S/C10H16N4/c1-2-8-3-5-9(6-4-8)7-13-10(11)14-12/h3-6H,2,7,12H2,1H3,(H3,11,13,14). The Morgan fingerprint density at radius 2 is 1.86 bits per heavy atom. The Balaban J connectivity index is 2.60. The molecule has 76 valence electrons. The van der Waals surface area contributed by atoms with Gasteiger partial charge in [0.1, 0.15) is 0 Å². The van der Waals surface area contributed by atoms with Gasteiger partial charge in [0.15, 0.2) is 0 Å². The Kier molecular flexibility index (Phi) is 3.94. The van der Waals surface area contributed by atoms with E-state index in [0.717, 1.165) is 12.0 Å². The average molecular weight is 192 g/mol. The van der Waals surface area contributed by atoms with Crippen molar-refractivity contribution in [1.29, 1.82) is 0 Å². The highest BCUT2D eigenvalue weighted by Crippen LogP contribution is 2.05. The van der Waals surface area contributed by atoms with Crippen LogP contribution in [0.2, 0.25) is 0 Å². The van der Waals surface area contributed by atoms with Gasteiger partial charge in [0, 0.05) is 0 Å². The molecule has 1 rings (SSSR count). The topological polar surface area (TPSA) is 76.4 Å². The summed E-state index contributed by atoms with van der Waals surface area (Å²) < 4.78 is 0. The van der Waals surface area contributed by atoms with E-state index < -0.39 is 0 Å². The lowest BCUT2D eigenvalue weighted by Gasteiger charge is -2.01. The van der Waals surface area contributed by atoms with Crippen molar-refractivity contribution in [2.45, 2.75) is 19.9 Å². The molecule has 0 saturated heterocycles. The number of hydrazine groups is 1. The lowest BCUT2D eigenvalue weighted by atomic mass is 10.1. The summed E-state index contributed by atoms with van der Waals surface area (Å²) in [4.78, 5) is 4.03. The zero-order valence-corrected chi connectivity index (χ0v) is 8.33. The second-order valence-corrected chi connectivity index (χ2v) is 3.02. The van der Waals surface area contributed by atoms with E-state index in [1.807, 2.05) is 12.1 Å². The minimum atomic E-state index is 0.254. The van der Waals surface area contributed by atoms with Crippen molar-refractivity contribution in [2.24, 2.45) is 16.6 Å². The predicted octanol–water partition coefficient (Wildman–Crippen LogP) is 0.527. The minimum absolute atomic E-state index is 0.254. The van der Waals surface area contributed by atoms with Crippen molar-refractivity contribution in [1.82, 2.24) is 5.43 Å². The molecular formula is C10H16N4. The molecular weight excluding hydrogens is 176 g/mol. The summed E-state index contributed by atoms with van der Waals surface area (Å²) in [5.74, 6) is 5.33. The lowest BCUT2D eigenvalue weighted by molar-refractivity contribution is 0.957. The normalized spacial score (nSPS) is 11.4. The van der Waals surface area contributed by atoms with E-state index in [-0.39, 0.29) is 5.96 Å². The molecule has 1 aromatic carbocycles. The molecule has 0 spiro atoms. The van der Waals surface area contributed by atoms with E-state index >= 15 is 0 Å². The van der Waals surface area contributed by atoms with E-state index in [1.165, 1.54) is 5.56 Å². The molecule has 0 radical (unpaired) electrons. The molecule has 0 amide bonds. The van der Waals surface area contributed by atoms with Gasteiger partial charge in [-0.05, 0) is 17.5 Å². The molecule has 0 aromatic heterocycles. The second kappa shape index (κ2) is 5.24. The highest BCUT2D eigenvalue weighted by atomic mass is 15.3. The summed E-state index contributed by atoms with van der Waals surface area (Å²) in [6.07, 6.45) is 1.05. The summed E-state index contributed by atoms with van der Waals surface area (Å²) >= 11 is 0. The van der Waals surface area contributed by atoms with E-state index in [9.17, 15) is 0 Å². The molecule has 0 atom stereocenters. The van der Waals surface area contributed by atoms with Crippen molar-refractivity contribution >= 4 is 5.96 Å². The largest absolute Gasteiger partial charge is 0.369 e. The summed E-state index contributed by atoms with van der Waals surface area (Å²) in [7, 11) is 0. The van der Waals surface area contributed by atoms with Crippen molar-refractivity contribution in [3.63, 3.8) is 0 Å². The molecule has 4 nitrogen and oxygen atoms in total. The molecule has 0 bridgehead atoms. The summed E-state index contributed by atoms with van der Waals surface area (Å²) in [6, 6.07) is 8.28. The van der Waals surface area contributed by atoms with Gasteiger partial charge in [0.05, 0.1) is 6.54 Å².